The number of nitrogens with two attached hydrogens (primary N) is 1. The number of aliphatic hydroxyl groups excluding tert-OH is 1. The molecule has 1 aliphatic carbocycles. The van der Waals surface area contributed by atoms with Crippen molar-refractivity contribution in [3.63, 3.8) is 0 Å². The summed E-state index contributed by atoms with van der Waals surface area (Å²) in [5, 5.41) is 9.80. The molecule has 4 heteroatoms. The summed E-state index contributed by atoms with van der Waals surface area (Å²) < 4.78 is 0. The average Bonchev–Trinajstić information content (AvgIpc) is 2.92. The summed E-state index contributed by atoms with van der Waals surface area (Å²) in [4.78, 5) is 3.32. The predicted molar refractivity (Wildman–Crippen MR) is 71.8 cm³/mol. The van der Waals surface area contributed by atoms with Gasteiger partial charge in [-0.1, -0.05) is 12.2 Å². The Morgan fingerprint density at radius 1 is 1.29 bits per heavy atom. The summed E-state index contributed by atoms with van der Waals surface area (Å²) in [5.41, 5.74) is 6.10. The lowest BCUT2D eigenvalue weighted by Crippen LogP contribution is -2.47. The highest BCUT2D eigenvalue weighted by atomic mass is 32.1. The van der Waals surface area contributed by atoms with Crippen molar-refractivity contribution in [2.45, 2.75) is 63.1 Å². The van der Waals surface area contributed by atoms with Crippen LogP contribution in [0.1, 0.15) is 44.9 Å². The second-order valence-corrected chi connectivity index (χ2v) is 6.85. The molecule has 3 N–H and O–H groups in total. The SMILES string of the molecule is NC(=S)CC1(CN2C3CCC2CC(O)C3)CC1. The molecule has 0 aromatic rings. The minimum atomic E-state index is -0.0607. The minimum absolute atomic E-state index is 0.0607. The van der Waals surface area contributed by atoms with Gasteiger partial charge in [0.05, 0.1) is 11.1 Å². The molecular formula is C13H22N2OS. The molecule has 17 heavy (non-hydrogen) atoms. The van der Waals surface area contributed by atoms with Gasteiger partial charge in [-0.25, -0.2) is 0 Å². The largest absolute Gasteiger partial charge is 0.393 e. The second-order valence-electron chi connectivity index (χ2n) is 6.33. The number of nitrogens with zero attached hydrogens (tertiary/aromatic N) is 1. The number of hydrogen-bond acceptors (Lipinski definition) is 3. The number of piperidine rings is 1. The number of thiocarbonyl (C=S) groups is 1. The average molecular weight is 254 g/mol. The van der Waals surface area contributed by atoms with Crippen molar-refractivity contribution in [3.8, 4) is 0 Å². The quantitative estimate of drug-likeness (QED) is 0.745. The van der Waals surface area contributed by atoms with Gasteiger partial charge in [-0.3, -0.25) is 4.90 Å². The van der Waals surface area contributed by atoms with Gasteiger partial charge in [0, 0.05) is 25.0 Å². The van der Waals surface area contributed by atoms with Gasteiger partial charge < -0.3 is 10.8 Å². The van der Waals surface area contributed by atoms with Gasteiger partial charge in [-0.15, -0.1) is 0 Å². The molecule has 0 aromatic carbocycles. The van der Waals surface area contributed by atoms with E-state index in [4.69, 9.17) is 18.0 Å². The topological polar surface area (TPSA) is 49.5 Å². The third-order valence-corrected chi connectivity index (χ3v) is 5.03. The molecule has 2 aliphatic heterocycles. The van der Waals surface area contributed by atoms with Crippen LogP contribution < -0.4 is 5.73 Å². The molecule has 2 heterocycles. The summed E-state index contributed by atoms with van der Waals surface area (Å²) in [6.07, 6.45) is 7.90. The van der Waals surface area contributed by atoms with Crippen molar-refractivity contribution in [2.24, 2.45) is 11.1 Å². The molecule has 2 atom stereocenters. The Bertz CT molecular complexity index is 315. The van der Waals surface area contributed by atoms with Crippen molar-refractivity contribution in [1.29, 1.82) is 0 Å². The molecule has 0 amide bonds. The molecule has 2 bridgehead atoms. The monoisotopic (exact) mass is 254 g/mol. The zero-order valence-electron chi connectivity index (χ0n) is 10.3. The Morgan fingerprint density at radius 3 is 2.35 bits per heavy atom. The van der Waals surface area contributed by atoms with Crippen LogP contribution in [0.15, 0.2) is 0 Å². The first-order valence-electron chi connectivity index (χ1n) is 6.80. The van der Waals surface area contributed by atoms with Gasteiger partial charge in [-0.2, -0.15) is 0 Å². The zero-order chi connectivity index (χ0) is 12.0. The fourth-order valence-corrected chi connectivity index (χ4v) is 4.13. The maximum Gasteiger partial charge on any atom is 0.0733 e. The van der Waals surface area contributed by atoms with Crippen molar-refractivity contribution in [1.82, 2.24) is 4.90 Å². The fraction of sp³-hybridized carbons (Fsp3) is 0.923. The van der Waals surface area contributed by atoms with Gasteiger partial charge in [0.2, 0.25) is 0 Å². The smallest absolute Gasteiger partial charge is 0.0733 e. The molecule has 3 nitrogen and oxygen atoms in total. The van der Waals surface area contributed by atoms with Crippen LogP contribution in [0.25, 0.3) is 0 Å². The van der Waals surface area contributed by atoms with Gasteiger partial charge in [0.1, 0.15) is 0 Å². The lowest BCUT2D eigenvalue weighted by molar-refractivity contribution is 0.0248. The van der Waals surface area contributed by atoms with Crippen LogP contribution in [-0.2, 0) is 0 Å². The van der Waals surface area contributed by atoms with Gasteiger partial charge in [0.15, 0.2) is 0 Å². The normalized spacial score (nSPS) is 39.2. The van der Waals surface area contributed by atoms with Crippen LogP contribution in [0, 0.1) is 5.41 Å². The van der Waals surface area contributed by atoms with E-state index in [9.17, 15) is 5.11 Å². The summed E-state index contributed by atoms with van der Waals surface area (Å²) in [5.74, 6) is 0. The molecule has 1 saturated carbocycles. The Kier molecular flexibility index (Phi) is 2.92. The summed E-state index contributed by atoms with van der Waals surface area (Å²) in [6, 6.07) is 1.24. The highest BCUT2D eigenvalue weighted by molar-refractivity contribution is 7.80. The lowest BCUT2D eigenvalue weighted by atomic mass is 9.95. The molecule has 0 aromatic heterocycles. The Balaban J connectivity index is 1.64. The van der Waals surface area contributed by atoms with Crippen LogP contribution in [0.2, 0.25) is 0 Å². The Labute approximate surface area is 108 Å². The van der Waals surface area contributed by atoms with Crippen molar-refractivity contribution < 1.29 is 5.11 Å². The third kappa shape index (κ3) is 2.35. The van der Waals surface area contributed by atoms with Gasteiger partial charge in [0.25, 0.3) is 0 Å². The molecule has 96 valence electrons. The van der Waals surface area contributed by atoms with Crippen molar-refractivity contribution in [3.05, 3.63) is 0 Å². The van der Waals surface area contributed by atoms with E-state index in [0.717, 1.165) is 25.8 Å². The first-order valence-corrected chi connectivity index (χ1v) is 7.21. The van der Waals surface area contributed by atoms with E-state index in [1.807, 2.05) is 0 Å². The fourth-order valence-electron chi connectivity index (χ4n) is 3.83. The van der Waals surface area contributed by atoms with Gasteiger partial charge in [-0.05, 0) is 43.9 Å². The number of hydrogen-bond donors (Lipinski definition) is 2. The molecule has 2 saturated heterocycles. The van der Waals surface area contributed by atoms with Crippen molar-refractivity contribution >= 4 is 17.2 Å². The molecule has 0 spiro atoms. The molecule has 2 unspecified atom stereocenters. The minimum Gasteiger partial charge on any atom is -0.393 e. The summed E-state index contributed by atoms with van der Waals surface area (Å²) >= 11 is 5.06. The molecule has 3 aliphatic rings. The predicted octanol–water partition coefficient (Wildman–Crippen LogP) is 1.43. The van der Waals surface area contributed by atoms with Crippen LogP contribution in [0.5, 0.6) is 0 Å². The highest BCUT2D eigenvalue weighted by Crippen LogP contribution is 2.51. The standard InChI is InChI=1S/C13H22N2OS/c14-12(17)7-13(3-4-13)8-15-9-1-2-10(15)6-11(16)5-9/h9-11,16H,1-8H2,(H2,14,17). The zero-order valence-corrected chi connectivity index (χ0v) is 11.1. The summed E-state index contributed by atoms with van der Waals surface area (Å²) in [6.45, 7) is 1.16. The first kappa shape index (κ1) is 11.9. The van der Waals surface area contributed by atoms with E-state index >= 15 is 0 Å². The van der Waals surface area contributed by atoms with Crippen LogP contribution in [0.3, 0.4) is 0 Å². The van der Waals surface area contributed by atoms with Crippen LogP contribution in [-0.4, -0.2) is 39.7 Å². The van der Waals surface area contributed by atoms with E-state index in [1.54, 1.807) is 0 Å². The van der Waals surface area contributed by atoms with Crippen LogP contribution in [0.4, 0.5) is 0 Å². The maximum absolute atomic E-state index is 9.80. The number of aliphatic hydroxyl groups is 1. The van der Waals surface area contributed by atoms with Crippen LogP contribution >= 0.6 is 12.2 Å². The first-order chi connectivity index (χ1) is 8.08. The van der Waals surface area contributed by atoms with Gasteiger partial charge >= 0.3 is 0 Å². The molecule has 3 fully saturated rings. The third-order valence-electron chi connectivity index (χ3n) is 4.88. The van der Waals surface area contributed by atoms with Crippen molar-refractivity contribution in [2.75, 3.05) is 6.54 Å². The Hall–Kier alpha value is -0.190. The van der Waals surface area contributed by atoms with E-state index in [-0.39, 0.29) is 6.10 Å². The maximum atomic E-state index is 9.80. The van der Waals surface area contributed by atoms with E-state index in [1.165, 1.54) is 25.7 Å². The van der Waals surface area contributed by atoms with E-state index < -0.39 is 0 Å². The van der Waals surface area contributed by atoms with E-state index in [0.29, 0.717) is 22.5 Å². The lowest BCUT2D eigenvalue weighted by Gasteiger charge is -2.39. The molecular weight excluding hydrogens is 232 g/mol. The number of rotatable bonds is 4. The number of fused-ring (bicyclic) bond motifs is 2. The Morgan fingerprint density at radius 2 is 1.88 bits per heavy atom. The summed E-state index contributed by atoms with van der Waals surface area (Å²) in [7, 11) is 0. The van der Waals surface area contributed by atoms with E-state index in [2.05, 4.69) is 4.90 Å². The second kappa shape index (κ2) is 4.18. The molecule has 0 radical (unpaired) electrons. The highest BCUT2D eigenvalue weighted by Gasteiger charge is 2.49. The molecule has 3 rings (SSSR count).